The van der Waals surface area contributed by atoms with Crippen molar-refractivity contribution in [2.75, 3.05) is 40.4 Å². The molecule has 0 aromatic heterocycles. The summed E-state index contributed by atoms with van der Waals surface area (Å²) in [7, 11) is 3.34. The van der Waals surface area contributed by atoms with E-state index in [0.717, 1.165) is 37.6 Å². The molecule has 0 N–H and O–H groups in total. The molecule has 27 heavy (non-hydrogen) atoms. The number of carbonyl (C=O) groups is 1. The van der Waals surface area contributed by atoms with Crippen LogP contribution in [0.4, 0.5) is 0 Å². The highest BCUT2D eigenvalue weighted by molar-refractivity contribution is 5.80. The van der Waals surface area contributed by atoms with Crippen molar-refractivity contribution in [1.29, 1.82) is 0 Å². The van der Waals surface area contributed by atoms with Crippen molar-refractivity contribution >= 4 is 5.91 Å². The maximum atomic E-state index is 12.7. The number of rotatable bonds is 9. The summed E-state index contributed by atoms with van der Waals surface area (Å²) in [6.07, 6.45) is 8.59. The van der Waals surface area contributed by atoms with Gasteiger partial charge >= 0.3 is 0 Å². The molecule has 2 aliphatic heterocycles. The predicted molar refractivity (Wildman–Crippen MR) is 108 cm³/mol. The summed E-state index contributed by atoms with van der Waals surface area (Å²) in [5.74, 6) is 1.78. The standard InChI is InChI=1S/C22H34N2O3/c1-4-5-6-7-8-9-11-23-15-19-18-14-21(27-3)20(26-2)13-17(18)10-12-24(19)22(25)16-23/h13-14,19H,4-12,15-16H2,1-3H3. The molecular weight excluding hydrogens is 340 g/mol. The second-order valence-electron chi connectivity index (χ2n) is 7.76. The normalized spacial score (nSPS) is 19.6. The monoisotopic (exact) mass is 374 g/mol. The Balaban J connectivity index is 1.67. The third kappa shape index (κ3) is 4.57. The fraction of sp³-hybridized carbons (Fsp3) is 0.682. The molecule has 0 bridgehead atoms. The highest BCUT2D eigenvalue weighted by Crippen LogP contribution is 2.39. The van der Waals surface area contributed by atoms with Crippen molar-refractivity contribution in [3.8, 4) is 11.5 Å². The van der Waals surface area contributed by atoms with Crippen LogP contribution in [0.5, 0.6) is 11.5 Å². The van der Waals surface area contributed by atoms with Crippen LogP contribution in [0.3, 0.4) is 0 Å². The summed E-state index contributed by atoms with van der Waals surface area (Å²) >= 11 is 0. The fourth-order valence-electron chi connectivity index (χ4n) is 4.40. The molecule has 1 fully saturated rings. The molecule has 150 valence electrons. The molecule has 2 heterocycles. The molecule has 2 aliphatic rings. The molecule has 1 amide bonds. The van der Waals surface area contributed by atoms with Gasteiger partial charge in [0, 0.05) is 13.1 Å². The fourth-order valence-corrected chi connectivity index (χ4v) is 4.40. The zero-order valence-corrected chi connectivity index (χ0v) is 17.1. The second-order valence-corrected chi connectivity index (χ2v) is 7.76. The maximum absolute atomic E-state index is 12.7. The molecule has 1 saturated heterocycles. The van der Waals surface area contributed by atoms with E-state index in [1.54, 1.807) is 14.2 Å². The lowest BCUT2D eigenvalue weighted by Gasteiger charge is -2.44. The lowest BCUT2D eigenvalue weighted by Crippen LogP contribution is -2.54. The van der Waals surface area contributed by atoms with Gasteiger partial charge in [-0.15, -0.1) is 0 Å². The van der Waals surface area contributed by atoms with Gasteiger partial charge in [-0.05, 0) is 42.6 Å². The minimum atomic E-state index is 0.134. The van der Waals surface area contributed by atoms with Gasteiger partial charge in [0.2, 0.25) is 5.91 Å². The highest BCUT2D eigenvalue weighted by Gasteiger charge is 2.37. The van der Waals surface area contributed by atoms with E-state index in [4.69, 9.17) is 9.47 Å². The molecule has 0 spiro atoms. The molecule has 1 aromatic rings. The van der Waals surface area contributed by atoms with Crippen LogP contribution in [0.25, 0.3) is 0 Å². The van der Waals surface area contributed by atoms with Crippen molar-refractivity contribution in [3.05, 3.63) is 23.3 Å². The third-order valence-corrected chi connectivity index (χ3v) is 5.94. The molecule has 0 aliphatic carbocycles. The number of unbranched alkanes of at least 4 members (excludes halogenated alkanes) is 5. The lowest BCUT2D eigenvalue weighted by atomic mass is 9.90. The maximum Gasteiger partial charge on any atom is 0.237 e. The SMILES string of the molecule is CCCCCCCCN1CC(=O)N2CCc3cc(OC)c(OC)cc3C2C1. The molecule has 5 nitrogen and oxygen atoms in total. The number of amides is 1. The van der Waals surface area contributed by atoms with Gasteiger partial charge in [0.1, 0.15) is 0 Å². The Hall–Kier alpha value is -1.75. The van der Waals surface area contributed by atoms with Gasteiger partial charge in [-0.1, -0.05) is 39.0 Å². The lowest BCUT2D eigenvalue weighted by molar-refractivity contribution is -0.140. The first-order valence-electron chi connectivity index (χ1n) is 10.4. The molecule has 3 rings (SSSR count). The van der Waals surface area contributed by atoms with Gasteiger partial charge in [0.25, 0.3) is 0 Å². The summed E-state index contributed by atoms with van der Waals surface area (Å²) in [5.41, 5.74) is 2.50. The van der Waals surface area contributed by atoms with E-state index in [2.05, 4.69) is 28.9 Å². The first-order chi connectivity index (χ1) is 13.2. The summed E-state index contributed by atoms with van der Waals surface area (Å²) < 4.78 is 11.0. The molecule has 1 atom stereocenters. The zero-order valence-electron chi connectivity index (χ0n) is 17.1. The Morgan fingerprint density at radius 1 is 1.04 bits per heavy atom. The van der Waals surface area contributed by atoms with E-state index in [1.165, 1.54) is 49.7 Å². The van der Waals surface area contributed by atoms with Crippen LogP contribution in [-0.2, 0) is 11.2 Å². The van der Waals surface area contributed by atoms with Gasteiger partial charge in [-0.2, -0.15) is 0 Å². The second kappa shape index (κ2) is 9.45. The van der Waals surface area contributed by atoms with E-state index >= 15 is 0 Å². The highest BCUT2D eigenvalue weighted by atomic mass is 16.5. The average Bonchev–Trinajstić information content (AvgIpc) is 2.69. The summed E-state index contributed by atoms with van der Waals surface area (Å²) in [6.45, 7) is 5.55. The number of hydrogen-bond donors (Lipinski definition) is 0. The van der Waals surface area contributed by atoms with Crippen molar-refractivity contribution in [2.24, 2.45) is 0 Å². The van der Waals surface area contributed by atoms with Crippen LogP contribution in [-0.4, -0.2) is 56.1 Å². The summed E-state index contributed by atoms with van der Waals surface area (Å²) in [4.78, 5) is 17.1. The number of carbonyl (C=O) groups excluding carboxylic acids is 1. The summed E-state index contributed by atoms with van der Waals surface area (Å²) in [5, 5.41) is 0. The van der Waals surface area contributed by atoms with Crippen LogP contribution < -0.4 is 9.47 Å². The van der Waals surface area contributed by atoms with Crippen molar-refractivity contribution in [2.45, 2.75) is 57.9 Å². The number of methoxy groups -OCH3 is 2. The molecule has 1 aromatic carbocycles. The Kier molecular flexibility index (Phi) is 7.00. The van der Waals surface area contributed by atoms with E-state index < -0.39 is 0 Å². The quantitative estimate of drug-likeness (QED) is 0.617. The predicted octanol–water partition coefficient (Wildman–Crippen LogP) is 3.81. The van der Waals surface area contributed by atoms with Gasteiger partial charge in [0.15, 0.2) is 11.5 Å². The van der Waals surface area contributed by atoms with E-state index in [9.17, 15) is 4.79 Å². The van der Waals surface area contributed by atoms with E-state index in [-0.39, 0.29) is 11.9 Å². The van der Waals surface area contributed by atoms with E-state index in [1.807, 2.05) is 0 Å². The Morgan fingerprint density at radius 2 is 1.74 bits per heavy atom. The number of piperazine rings is 1. The van der Waals surface area contributed by atoms with Crippen molar-refractivity contribution < 1.29 is 14.3 Å². The Labute approximate surface area is 163 Å². The molecule has 5 heteroatoms. The first kappa shape index (κ1) is 20.0. The van der Waals surface area contributed by atoms with Crippen molar-refractivity contribution in [1.82, 2.24) is 9.80 Å². The molecule has 0 radical (unpaired) electrons. The van der Waals surface area contributed by atoms with Crippen molar-refractivity contribution in [3.63, 3.8) is 0 Å². The van der Waals surface area contributed by atoms with E-state index in [0.29, 0.717) is 6.54 Å². The number of ether oxygens (including phenoxy) is 2. The van der Waals surface area contributed by atoms with Crippen LogP contribution in [0, 0.1) is 0 Å². The largest absolute Gasteiger partial charge is 0.493 e. The number of fused-ring (bicyclic) bond motifs is 3. The number of nitrogens with zero attached hydrogens (tertiary/aromatic N) is 2. The van der Waals surface area contributed by atoms with Gasteiger partial charge in [-0.3, -0.25) is 9.69 Å². The van der Waals surface area contributed by atoms with Gasteiger partial charge in [-0.25, -0.2) is 0 Å². The van der Waals surface area contributed by atoms with Crippen LogP contribution in [0.15, 0.2) is 12.1 Å². The Bertz CT molecular complexity index is 647. The summed E-state index contributed by atoms with van der Waals surface area (Å²) in [6, 6.07) is 4.30. The molecule has 0 saturated carbocycles. The Morgan fingerprint density at radius 3 is 2.48 bits per heavy atom. The van der Waals surface area contributed by atoms with Crippen LogP contribution in [0.2, 0.25) is 0 Å². The molecular formula is C22H34N2O3. The number of hydrogen-bond acceptors (Lipinski definition) is 4. The minimum Gasteiger partial charge on any atom is -0.493 e. The van der Waals surface area contributed by atoms with Gasteiger partial charge < -0.3 is 14.4 Å². The smallest absolute Gasteiger partial charge is 0.237 e. The van der Waals surface area contributed by atoms with Crippen LogP contribution >= 0.6 is 0 Å². The average molecular weight is 375 g/mol. The van der Waals surface area contributed by atoms with Gasteiger partial charge in [0.05, 0.1) is 26.8 Å². The van der Waals surface area contributed by atoms with Crippen LogP contribution in [0.1, 0.15) is 62.6 Å². The molecule has 1 unspecified atom stereocenters. The zero-order chi connectivity index (χ0) is 19.2. The minimum absolute atomic E-state index is 0.134. The third-order valence-electron chi connectivity index (χ3n) is 5.94. The first-order valence-corrected chi connectivity index (χ1v) is 10.4. The number of benzene rings is 1. The topological polar surface area (TPSA) is 42.0 Å².